The van der Waals surface area contributed by atoms with Gasteiger partial charge in [0.1, 0.15) is 0 Å². The SMILES string of the molecule is CC(CC(=O)NC1CCCN(c2ccccc2)C1)C1CCNCC1. The summed E-state index contributed by atoms with van der Waals surface area (Å²) in [7, 11) is 0. The maximum absolute atomic E-state index is 12.5. The van der Waals surface area contributed by atoms with E-state index in [4.69, 9.17) is 0 Å². The van der Waals surface area contributed by atoms with E-state index >= 15 is 0 Å². The lowest BCUT2D eigenvalue weighted by Crippen LogP contribution is -2.48. The van der Waals surface area contributed by atoms with Gasteiger partial charge in [-0.15, -0.1) is 0 Å². The molecule has 2 heterocycles. The molecule has 1 aromatic rings. The van der Waals surface area contributed by atoms with E-state index in [9.17, 15) is 4.79 Å². The third-order valence-electron chi connectivity index (χ3n) is 5.60. The number of hydrogen-bond donors (Lipinski definition) is 2. The summed E-state index contributed by atoms with van der Waals surface area (Å²) in [6.07, 6.45) is 5.33. The van der Waals surface area contributed by atoms with Gasteiger partial charge in [-0.1, -0.05) is 25.1 Å². The molecule has 2 unspecified atom stereocenters. The van der Waals surface area contributed by atoms with Crippen molar-refractivity contribution in [3.8, 4) is 0 Å². The van der Waals surface area contributed by atoms with E-state index in [0.717, 1.165) is 39.0 Å². The second-order valence-electron chi connectivity index (χ2n) is 7.46. The number of nitrogens with zero attached hydrogens (tertiary/aromatic N) is 1. The van der Waals surface area contributed by atoms with Gasteiger partial charge in [-0.05, 0) is 62.7 Å². The third kappa shape index (κ3) is 4.73. The second kappa shape index (κ2) is 8.52. The highest BCUT2D eigenvalue weighted by Gasteiger charge is 2.25. The van der Waals surface area contributed by atoms with Gasteiger partial charge in [-0.3, -0.25) is 4.79 Å². The van der Waals surface area contributed by atoms with Crippen molar-refractivity contribution >= 4 is 11.6 Å². The van der Waals surface area contributed by atoms with Crippen LogP contribution in [-0.4, -0.2) is 38.1 Å². The van der Waals surface area contributed by atoms with Gasteiger partial charge in [-0.2, -0.15) is 0 Å². The van der Waals surface area contributed by atoms with E-state index in [2.05, 4.69) is 52.8 Å². The molecule has 0 saturated carbocycles. The number of carbonyl (C=O) groups excluding carboxylic acids is 1. The molecule has 4 nitrogen and oxygen atoms in total. The fraction of sp³-hybridized carbons (Fsp3) is 0.650. The average Bonchev–Trinajstić information content (AvgIpc) is 2.63. The highest BCUT2D eigenvalue weighted by Crippen LogP contribution is 2.24. The van der Waals surface area contributed by atoms with Crippen molar-refractivity contribution in [2.75, 3.05) is 31.1 Å². The zero-order chi connectivity index (χ0) is 16.8. The topological polar surface area (TPSA) is 44.4 Å². The highest BCUT2D eigenvalue weighted by atomic mass is 16.1. The van der Waals surface area contributed by atoms with Gasteiger partial charge in [0.05, 0.1) is 0 Å². The van der Waals surface area contributed by atoms with Crippen molar-refractivity contribution in [1.29, 1.82) is 0 Å². The molecular weight excluding hydrogens is 298 g/mol. The summed E-state index contributed by atoms with van der Waals surface area (Å²) < 4.78 is 0. The van der Waals surface area contributed by atoms with Crippen LogP contribution in [0.5, 0.6) is 0 Å². The van der Waals surface area contributed by atoms with E-state index in [1.807, 2.05) is 0 Å². The molecule has 1 amide bonds. The minimum atomic E-state index is 0.237. The Morgan fingerprint density at radius 3 is 2.75 bits per heavy atom. The molecule has 4 heteroatoms. The van der Waals surface area contributed by atoms with Gasteiger partial charge in [-0.25, -0.2) is 0 Å². The summed E-state index contributed by atoms with van der Waals surface area (Å²) in [5.74, 6) is 1.42. The molecule has 2 aliphatic heterocycles. The summed E-state index contributed by atoms with van der Waals surface area (Å²) in [5, 5.41) is 6.70. The number of benzene rings is 1. The predicted molar refractivity (Wildman–Crippen MR) is 99.2 cm³/mol. The van der Waals surface area contributed by atoms with Crippen LogP contribution in [0.4, 0.5) is 5.69 Å². The largest absolute Gasteiger partial charge is 0.369 e. The van der Waals surface area contributed by atoms with Crippen LogP contribution in [0.3, 0.4) is 0 Å². The van der Waals surface area contributed by atoms with Gasteiger partial charge in [0.2, 0.25) is 5.91 Å². The summed E-state index contributed by atoms with van der Waals surface area (Å²) in [6.45, 7) is 6.46. The van der Waals surface area contributed by atoms with Crippen LogP contribution in [0.2, 0.25) is 0 Å². The lowest BCUT2D eigenvalue weighted by Gasteiger charge is -2.35. The van der Waals surface area contributed by atoms with Gasteiger partial charge in [0, 0.05) is 31.2 Å². The molecule has 132 valence electrons. The van der Waals surface area contributed by atoms with E-state index in [-0.39, 0.29) is 11.9 Å². The average molecular weight is 329 g/mol. The van der Waals surface area contributed by atoms with Crippen molar-refractivity contribution in [3.05, 3.63) is 30.3 Å². The Bertz CT molecular complexity index is 513. The molecule has 2 saturated heterocycles. The number of carbonyl (C=O) groups is 1. The van der Waals surface area contributed by atoms with Crippen LogP contribution in [0.15, 0.2) is 30.3 Å². The van der Waals surface area contributed by atoms with Crippen molar-refractivity contribution in [2.24, 2.45) is 11.8 Å². The fourth-order valence-electron chi connectivity index (χ4n) is 4.13. The molecule has 3 rings (SSSR count). The Hall–Kier alpha value is -1.55. The maximum Gasteiger partial charge on any atom is 0.220 e. The van der Waals surface area contributed by atoms with E-state index in [0.29, 0.717) is 18.3 Å². The second-order valence-corrected chi connectivity index (χ2v) is 7.46. The van der Waals surface area contributed by atoms with Crippen LogP contribution in [-0.2, 0) is 4.79 Å². The lowest BCUT2D eigenvalue weighted by atomic mass is 9.84. The molecule has 2 aliphatic rings. The first kappa shape index (κ1) is 17.3. The first-order chi connectivity index (χ1) is 11.7. The molecule has 0 aromatic heterocycles. The quantitative estimate of drug-likeness (QED) is 0.873. The maximum atomic E-state index is 12.5. The fourth-order valence-corrected chi connectivity index (χ4v) is 4.13. The molecule has 0 bridgehead atoms. The molecular formula is C20H31N3O. The lowest BCUT2D eigenvalue weighted by molar-refractivity contribution is -0.123. The molecule has 2 atom stereocenters. The van der Waals surface area contributed by atoms with Gasteiger partial charge in [0.15, 0.2) is 0 Å². The molecule has 24 heavy (non-hydrogen) atoms. The van der Waals surface area contributed by atoms with E-state index < -0.39 is 0 Å². The highest BCUT2D eigenvalue weighted by molar-refractivity contribution is 5.76. The summed E-state index contributed by atoms with van der Waals surface area (Å²) in [4.78, 5) is 14.9. The number of hydrogen-bond acceptors (Lipinski definition) is 3. The number of anilines is 1. The minimum Gasteiger partial charge on any atom is -0.369 e. The molecule has 0 aliphatic carbocycles. The molecule has 1 aromatic carbocycles. The predicted octanol–water partition coefficient (Wildman–Crippen LogP) is 2.80. The Labute approximate surface area is 146 Å². The monoisotopic (exact) mass is 329 g/mol. The Kier molecular flexibility index (Phi) is 6.13. The van der Waals surface area contributed by atoms with Crippen molar-refractivity contribution < 1.29 is 4.79 Å². The van der Waals surface area contributed by atoms with Crippen LogP contribution in [0.25, 0.3) is 0 Å². The smallest absolute Gasteiger partial charge is 0.220 e. The van der Waals surface area contributed by atoms with Gasteiger partial charge in [0.25, 0.3) is 0 Å². The summed E-state index contributed by atoms with van der Waals surface area (Å²) in [6, 6.07) is 10.8. The number of para-hydroxylation sites is 1. The van der Waals surface area contributed by atoms with Crippen LogP contribution < -0.4 is 15.5 Å². The number of rotatable bonds is 5. The number of amides is 1. The van der Waals surface area contributed by atoms with Gasteiger partial charge >= 0.3 is 0 Å². The zero-order valence-electron chi connectivity index (χ0n) is 14.8. The zero-order valence-corrected chi connectivity index (χ0v) is 14.8. The summed E-state index contributed by atoms with van der Waals surface area (Å²) in [5.41, 5.74) is 1.26. The summed E-state index contributed by atoms with van der Waals surface area (Å²) >= 11 is 0. The van der Waals surface area contributed by atoms with Crippen molar-refractivity contribution in [3.63, 3.8) is 0 Å². The first-order valence-electron chi connectivity index (χ1n) is 9.52. The molecule has 2 N–H and O–H groups in total. The number of piperidine rings is 2. The van der Waals surface area contributed by atoms with Gasteiger partial charge < -0.3 is 15.5 Å². The van der Waals surface area contributed by atoms with Crippen LogP contribution in [0, 0.1) is 11.8 Å². The third-order valence-corrected chi connectivity index (χ3v) is 5.60. The Morgan fingerprint density at radius 2 is 2.00 bits per heavy atom. The molecule has 2 fully saturated rings. The van der Waals surface area contributed by atoms with Crippen LogP contribution in [0.1, 0.15) is 39.0 Å². The van der Waals surface area contributed by atoms with Crippen molar-refractivity contribution in [1.82, 2.24) is 10.6 Å². The van der Waals surface area contributed by atoms with Crippen molar-refractivity contribution in [2.45, 2.75) is 45.1 Å². The molecule has 0 radical (unpaired) electrons. The Morgan fingerprint density at radius 1 is 1.25 bits per heavy atom. The van der Waals surface area contributed by atoms with Crippen LogP contribution >= 0.6 is 0 Å². The normalized spacial score (nSPS) is 23.7. The standard InChI is InChI=1S/C20H31N3O/c1-16(17-9-11-21-12-10-17)14-20(24)22-18-6-5-13-23(15-18)19-7-3-2-4-8-19/h2-4,7-8,16-18,21H,5-6,9-15H2,1H3,(H,22,24). The first-order valence-corrected chi connectivity index (χ1v) is 9.52. The number of nitrogens with one attached hydrogen (secondary N) is 2. The Balaban J connectivity index is 1.47. The minimum absolute atomic E-state index is 0.237. The molecule has 0 spiro atoms. The van der Waals surface area contributed by atoms with E-state index in [1.165, 1.54) is 18.5 Å². The van der Waals surface area contributed by atoms with E-state index in [1.54, 1.807) is 0 Å².